The van der Waals surface area contributed by atoms with Crippen LogP contribution in [0.3, 0.4) is 0 Å². The lowest BCUT2D eigenvalue weighted by atomic mass is 10.2. The van der Waals surface area contributed by atoms with Gasteiger partial charge < -0.3 is 5.73 Å². The topological polar surface area (TPSA) is 64.7 Å². The Kier molecular flexibility index (Phi) is 3.30. The molecule has 0 amide bonds. The summed E-state index contributed by atoms with van der Waals surface area (Å²) in [5.41, 5.74) is 6.90. The van der Waals surface area contributed by atoms with Crippen LogP contribution in [-0.4, -0.2) is 14.3 Å². The third kappa shape index (κ3) is 2.53. The van der Waals surface area contributed by atoms with Crippen LogP contribution >= 0.6 is 23.3 Å². The zero-order chi connectivity index (χ0) is 10.7. The van der Waals surface area contributed by atoms with E-state index in [1.54, 1.807) is 12.5 Å². The van der Waals surface area contributed by atoms with E-state index in [9.17, 15) is 0 Å². The first-order chi connectivity index (χ1) is 7.27. The molecule has 78 valence electrons. The summed E-state index contributed by atoms with van der Waals surface area (Å²) >= 11 is 2.86. The molecule has 2 N–H and O–H groups in total. The van der Waals surface area contributed by atoms with Crippen molar-refractivity contribution in [3.05, 3.63) is 30.2 Å². The standard InChI is InChI=1S/C9H10N4S2/c1-6(10)7-3-2-4-11-8(7)14-9-12-5-13-15-9/h2-6H,10H2,1H3/t6-/m0/s1. The van der Waals surface area contributed by atoms with Crippen molar-refractivity contribution >= 4 is 23.3 Å². The number of nitrogens with zero attached hydrogens (tertiary/aromatic N) is 3. The summed E-state index contributed by atoms with van der Waals surface area (Å²) in [4.78, 5) is 8.40. The van der Waals surface area contributed by atoms with Crippen LogP contribution in [0, 0.1) is 0 Å². The molecule has 1 atom stereocenters. The molecule has 4 nitrogen and oxygen atoms in total. The van der Waals surface area contributed by atoms with E-state index in [-0.39, 0.29) is 6.04 Å². The zero-order valence-corrected chi connectivity index (χ0v) is 9.76. The van der Waals surface area contributed by atoms with E-state index >= 15 is 0 Å². The first-order valence-electron chi connectivity index (χ1n) is 4.42. The Labute approximate surface area is 96.1 Å². The van der Waals surface area contributed by atoms with Gasteiger partial charge in [0.2, 0.25) is 0 Å². The Hall–Kier alpha value is -0.980. The largest absolute Gasteiger partial charge is 0.324 e. The first-order valence-corrected chi connectivity index (χ1v) is 6.01. The van der Waals surface area contributed by atoms with Gasteiger partial charge in [0.25, 0.3) is 0 Å². The highest BCUT2D eigenvalue weighted by Gasteiger charge is 2.10. The van der Waals surface area contributed by atoms with Gasteiger partial charge in [0.1, 0.15) is 11.4 Å². The van der Waals surface area contributed by atoms with Crippen LogP contribution < -0.4 is 5.73 Å². The molecule has 0 aromatic carbocycles. The first kappa shape index (κ1) is 10.5. The van der Waals surface area contributed by atoms with E-state index < -0.39 is 0 Å². The molecule has 0 spiro atoms. The number of nitrogens with two attached hydrogens (primary N) is 1. The fourth-order valence-corrected chi connectivity index (χ4v) is 2.67. The molecule has 0 unspecified atom stereocenters. The minimum absolute atomic E-state index is 0.0193. The molecular formula is C9H10N4S2. The second-order valence-electron chi connectivity index (χ2n) is 3.00. The van der Waals surface area contributed by atoms with Gasteiger partial charge in [-0.05, 0) is 36.3 Å². The van der Waals surface area contributed by atoms with Gasteiger partial charge in [-0.2, -0.15) is 4.37 Å². The van der Waals surface area contributed by atoms with Crippen molar-refractivity contribution in [2.24, 2.45) is 5.73 Å². The lowest BCUT2D eigenvalue weighted by molar-refractivity contribution is 0.779. The van der Waals surface area contributed by atoms with Gasteiger partial charge >= 0.3 is 0 Å². The molecule has 0 radical (unpaired) electrons. The van der Waals surface area contributed by atoms with E-state index in [1.807, 2.05) is 19.1 Å². The third-order valence-electron chi connectivity index (χ3n) is 1.82. The van der Waals surface area contributed by atoms with Gasteiger partial charge in [-0.25, -0.2) is 9.97 Å². The smallest absolute Gasteiger partial charge is 0.176 e. The van der Waals surface area contributed by atoms with Crippen molar-refractivity contribution in [2.45, 2.75) is 22.3 Å². The maximum Gasteiger partial charge on any atom is 0.176 e. The van der Waals surface area contributed by atoms with E-state index in [0.29, 0.717) is 0 Å². The highest BCUT2D eigenvalue weighted by molar-refractivity contribution is 8.00. The molecule has 0 bridgehead atoms. The van der Waals surface area contributed by atoms with Gasteiger partial charge in [0, 0.05) is 17.8 Å². The molecule has 2 rings (SSSR count). The van der Waals surface area contributed by atoms with Crippen molar-refractivity contribution in [2.75, 3.05) is 0 Å². The minimum atomic E-state index is -0.0193. The molecule has 6 heteroatoms. The summed E-state index contributed by atoms with van der Waals surface area (Å²) in [6, 6.07) is 3.86. The normalized spacial score (nSPS) is 12.7. The number of hydrogen-bond donors (Lipinski definition) is 1. The molecule has 0 aliphatic carbocycles. The van der Waals surface area contributed by atoms with Crippen molar-refractivity contribution < 1.29 is 0 Å². The summed E-state index contributed by atoms with van der Waals surface area (Å²) in [6.07, 6.45) is 3.30. The van der Waals surface area contributed by atoms with Crippen LogP contribution in [0.2, 0.25) is 0 Å². The van der Waals surface area contributed by atoms with E-state index in [4.69, 9.17) is 5.73 Å². The average molecular weight is 238 g/mol. The highest BCUT2D eigenvalue weighted by atomic mass is 32.2. The van der Waals surface area contributed by atoms with Crippen LogP contribution in [0.25, 0.3) is 0 Å². The summed E-state index contributed by atoms with van der Waals surface area (Å²) in [5.74, 6) is 0. The molecule has 0 aliphatic heterocycles. The number of aromatic nitrogens is 3. The van der Waals surface area contributed by atoms with Crippen LogP contribution in [0.1, 0.15) is 18.5 Å². The zero-order valence-electron chi connectivity index (χ0n) is 8.12. The monoisotopic (exact) mass is 238 g/mol. The molecule has 2 aromatic heterocycles. The lowest BCUT2D eigenvalue weighted by Crippen LogP contribution is -2.06. The van der Waals surface area contributed by atoms with E-state index in [1.165, 1.54) is 23.3 Å². The lowest BCUT2D eigenvalue weighted by Gasteiger charge is -2.08. The predicted molar refractivity (Wildman–Crippen MR) is 60.9 cm³/mol. The summed E-state index contributed by atoms with van der Waals surface area (Å²) in [7, 11) is 0. The second kappa shape index (κ2) is 4.69. The summed E-state index contributed by atoms with van der Waals surface area (Å²) in [5, 5.41) is 0.907. The maximum absolute atomic E-state index is 5.86. The highest BCUT2D eigenvalue weighted by Crippen LogP contribution is 2.30. The van der Waals surface area contributed by atoms with Gasteiger partial charge in [-0.15, -0.1) is 0 Å². The maximum atomic E-state index is 5.86. The predicted octanol–water partition coefficient (Wildman–Crippen LogP) is 2.10. The summed E-state index contributed by atoms with van der Waals surface area (Å²) in [6.45, 7) is 1.95. The molecule has 0 fully saturated rings. The fraction of sp³-hybridized carbons (Fsp3) is 0.222. The van der Waals surface area contributed by atoms with Gasteiger partial charge in [0.15, 0.2) is 4.34 Å². The molecule has 0 aliphatic rings. The SMILES string of the molecule is C[C@H](N)c1cccnc1Sc1ncns1. The van der Waals surface area contributed by atoms with Gasteiger partial charge in [-0.1, -0.05) is 6.07 Å². The van der Waals surface area contributed by atoms with Crippen molar-refractivity contribution in [1.82, 2.24) is 14.3 Å². The molecule has 2 aromatic rings. The third-order valence-corrected chi connectivity index (χ3v) is 3.57. The molecule has 2 heterocycles. The van der Waals surface area contributed by atoms with E-state index in [2.05, 4.69) is 14.3 Å². The molecule has 15 heavy (non-hydrogen) atoms. The van der Waals surface area contributed by atoms with Gasteiger partial charge in [-0.3, -0.25) is 0 Å². The fourth-order valence-electron chi connectivity index (χ4n) is 1.13. The van der Waals surface area contributed by atoms with Crippen molar-refractivity contribution in [3.8, 4) is 0 Å². The minimum Gasteiger partial charge on any atom is -0.324 e. The Morgan fingerprint density at radius 2 is 2.33 bits per heavy atom. The van der Waals surface area contributed by atoms with Crippen molar-refractivity contribution in [1.29, 1.82) is 0 Å². The molecule has 0 saturated heterocycles. The molecule has 0 saturated carbocycles. The Morgan fingerprint density at radius 1 is 1.47 bits per heavy atom. The average Bonchev–Trinajstić information content (AvgIpc) is 2.71. The number of hydrogen-bond acceptors (Lipinski definition) is 6. The van der Waals surface area contributed by atoms with Gasteiger partial charge in [0.05, 0.1) is 0 Å². The number of rotatable bonds is 3. The Balaban J connectivity index is 2.28. The Bertz CT molecular complexity index is 427. The van der Waals surface area contributed by atoms with Crippen LogP contribution in [-0.2, 0) is 0 Å². The number of pyridine rings is 1. The summed E-state index contributed by atoms with van der Waals surface area (Å²) < 4.78 is 4.83. The second-order valence-corrected chi connectivity index (χ2v) is 5.01. The Morgan fingerprint density at radius 3 is 3.00 bits per heavy atom. The van der Waals surface area contributed by atoms with Crippen molar-refractivity contribution in [3.63, 3.8) is 0 Å². The molecular weight excluding hydrogens is 228 g/mol. The van der Waals surface area contributed by atoms with Crippen LogP contribution in [0.15, 0.2) is 34.0 Å². The quantitative estimate of drug-likeness (QED) is 0.887. The van der Waals surface area contributed by atoms with Crippen LogP contribution in [0.4, 0.5) is 0 Å². The van der Waals surface area contributed by atoms with Crippen LogP contribution in [0.5, 0.6) is 0 Å². The van der Waals surface area contributed by atoms with E-state index in [0.717, 1.165) is 14.9 Å².